The maximum absolute atomic E-state index is 4.37. The molecule has 112 valence electrons. The van der Waals surface area contributed by atoms with E-state index >= 15 is 0 Å². The highest BCUT2D eigenvalue weighted by Gasteiger charge is 2.14. The molecule has 3 nitrogen and oxygen atoms in total. The highest BCUT2D eigenvalue weighted by Crippen LogP contribution is 2.29. The highest BCUT2D eigenvalue weighted by molar-refractivity contribution is 7.14. The smallest absolute Gasteiger partial charge is 0.147 e. The molecule has 21 heavy (non-hydrogen) atoms. The van der Waals surface area contributed by atoms with Crippen molar-refractivity contribution in [2.75, 3.05) is 6.54 Å². The van der Waals surface area contributed by atoms with Gasteiger partial charge in [0.25, 0.3) is 0 Å². The van der Waals surface area contributed by atoms with Crippen molar-refractivity contribution in [3.05, 3.63) is 34.3 Å². The van der Waals surface area contributed by atoms with Crippen LogP contribution in [0.1, 0.15) is 43.3 Å². The summed E-state index contributed by atoms with van der Waals surface area (Å²) in [5.74, 6) is 0. The molecule has 1 heterocycles. The predicted octanol–water partition coefficient (Wildman–Crippen LogP) is 3.62. The summed E-state index contributed by atoms with van der Waals surface area (Å²) in [6.45, 7) is 7.50. The van der Waals surface area contributed by atoms with Crippen LogP contribution in [0.25, 0.3) is 10.6 Å². The van der Waals surface area contributed by atoms with Crippen LogP contribution in [0.2, 0.25) is 0 Å². The van der Waals surface area contributed by atoms with Crippen LogP contribution in [0.4, 0.5) is 0 Å². The molecule has 1 aromatic carbocycles. The average molecular weight is 301 g/mol. The van der Waals surface area contributed by atoms with Crippen LogP contribution < -0.4 is 5.32 Å². The molecule has 0 amide bonds. The topological polar surface area (TPSA) is 37.8 Å². The van der Waals surface area contributed by atoms with Gasteiger partial charge in [-0.25, -0.2) is 0 Å². The zero-order valence-electron chi connectivity index (χ0n) is 13.1. The van der Waals surface area contributed by atoms with Crippen molar-refractivity contribution in [1.82, 2.24) is 15.5 Å². The summed E-state index contributed by atoms with van der Waals surface area (Å²) in [7, 11) is 0. The van der Waals surface area contributed by atoms with E-state index in [4.69, 9.17) is 0 Å². The monoisotopic (exact) mass is 301 g/mol. The van der Waals surface area contributed by atoms with Crippen molar-refractivity contribution < 1.29 is 0 Å². The largest absolute Gasteiger partial charge is 0.312 e. The van der Waals surface area contributed by atoms with E-state index in [9.17, 15) is 0 Å². The van der Waals surface area contributed by atoms with E-state index in [1.807, 2.05) is 0 Å². The SMILES string of the molecule is CC(C)(C)NCCc1nnc(-c2ccc3c(c2)CCC3)s1. The van der Waals surface area contributed by atoms with E-state index in [0.29, 0.717) is 0 Å². The zero-order valence-corrected chi connectivity index (χ0v) is 13.9. The molecular formula is C17H23N3S. The fourth-order valence-corrected chi connectivity index (χ4v) is 3.56. The lowest BCUT2D eigenvalue weighted by Gasteiger charge is -2.19. The first kappa shape index (κ1) is 14.7. The predicted molar refractivity (Wildman–Crippen MR) is 88.8 cm³/mol. The molecule has 2 aromatic rings. The van der Waals surface area contributed by atoms with Crippen molar-refractivity contribution in [1.29, 1.82) is 0 Å². The van der Waals surface area contributed by atoms with Crippen molar-refractivity contribution in [3.63, 3.8) is 0 Å². The number of aromatic nitrogens is 2. The molecule has 0 spiro atoms. The number of nitrogens with zero attached hydrogens (tertiary/aromatic N) is 2. The van der Waals surface area contributed by atoms with Gasteiger partial charge in [0, 0.05) is 24.1 Å². The Morgan fingerprint density at radius 2 is 1.95 bits per heavy atom. The molecule has 1 aromatic heterocycles. The van der Waals surface area contributed by atoms with Crippen molar-refractivity contribution in [2.24, 2.45) is 0 Å². The van der Waals surface area contributed by atoms with Gasteiger partial charge in [0.15, 0.2) is 0 Å². The van der Waals surface area contributed by atoms with Gasteiger partial charge >= 0.3 is 0 Å². The molecule has 0 radical (unpaired) electrons. The molecule has 0 saturated carbocycles. The first-order valence-electron chi connectivity index (χ1n) is 7.71. The molecule has 0 fully saturated rings. The van der Waals surface area contributed by atoms with Gasteiger partial charge < -0.3 is 5.32 Å². The molecule has 0 saturated heterocycles. The summed E-state index contributed by atoms with van der Waals surface area (Å²) in [4.78, 5) is 0. The third-order valence-electron chi connectivity index (χ3n) is 3.81. The minimum absolute atomic E-state index is 0.160. The number of aryl methyl sites for hydroxylation is 2. The van der Waals surface area contributed by atoms with Crippen LogP contribution in [-0.4, -0.2) is 22.3 Å². The molecule has 0 unspecified atom stereocenters. The first-order valence-corrected chi connectivity index (χ1v) is 8.52. The third-order valence-corrected chi connectivity index (χ3v) is 4.84. The number of hydrogen-bond donors (Lipinski definition) is 1. The Kier molecular flexibility index (Phi) is 4.09. The van der Waals surface area contributed by atoms with Crippen LogP contribution in [0.15, 0.2) is 18.2 Å². The third kappa shape index (κ3) is 3.69. The van der Waals surface area contributed by atoms with Crippen LogP contribution in [-0.2, 0) is 19.3 Å². The summed E-state index contributed by atoms with van der Waals surface area (Å²) >= 11 is 1.72. The fraction of sp³-hybridized carbons (Fsp3) is 0.529. The Balaban J connectivity index is 1.67. The van der Waals surface area contributed by atoms with Crippen molar-refractivity contribution in [3.8, 4) is 10.6 Å². The summed E-state index contributed by atoms with van der Waals surface area (Å²) in [5, 5.41) is 14.4. The molecule has 3 rings (SSSR count). The van der Waals surface area contributed by atoms with Crippen LogP contribution in [0, 0.1) is 0 Å². The molecule has 0 aliphatic heterocycles. The van der Waals surface area contributed by atoms with Gasteiger partial charge in [0.05, 0.1) is 0 Å². The number of nitrogens with one attached hydrogen (secondary N) is 1. The van der Waals surface area contributed by atoms with Gasteiger partial charge in [0.2, 0.25) is 0 Å². The van der Waals surface area contributed by atoms with E-state index < -0.39 is 0 Å². The number of hydrogen-bond acceptors (Lipinski definition) is 4. The average Bonchev–Trinajstić information content (AvgIpc) is 3.04. The van der Waals surface area contributed by atoms with Crippen molar-refractivity contribution >= 4 is 11.3 Å². The first-order chi connectivity index (χ1) is 10.0. The molecule has 0 bridgehead atoms. The molecule has 1 aliphatic rings. The highest BCUT2D eigenvalue weighted by atomic mass is 32.1. The van der Waals surface area contributed by atoms with E-state index in [1.54, 1.807) is 11.3 Å². The van der Waals surface area contributed by atoms with Gasteiger partial charge in [-0.05, 0) is 57.2 Å². The number of benzene rings is 1. The molecule has 1 N–H and O–H groups in total. The molecule has 1 aliphatic carbocycles. The fourth-order valence-electron chi connectivity index (χ4n) is 2.72. The van der Waals surface area contributed by atoms with E-state index in [-0.39, 0.29) is 5.54 Å². The Labute approximate surface area is 130 Å². The van der Waals surface area contributed by atoms with Crippen molar-refractivity contribution in [2.45, 2.75) is 52.0 Å². The quantitative estimate of drug-likeness (QED) is 0.937. The van der Waals surface area contributed by atoms with Gasteiger partial charge in [-0.3, -0.25) is 0 Å². The van der Waals surface area contributed by atoms with E-state index in [2.05, 4.69) is 54.5 Å². The number of fused-ring (bicyclic) bond motifs is 1. The number of rotatable bonds is 4. The normalized spacial score (nSPS) is 14.4. The molecule has 4 heteroatoms. The second kappa shape index (κ2) is 5.85. The standard InChI is InChI=1S/C17H23N3S/c1-17(2,3)18-10-9-15-19-20-16(21-15)14-8-7-12-5-4-6-13(12)11-14/h7-8,11,18H,4-6,9-10H2,1-3H3. The second-order valence-corrected chi connectivity index (χ2v) is 7.83. The van der Waals surface area contributed by atoms with Gasteiger partial charge in [-0.15, -0.1) is 10.2 Å². The minimum atomic E-state index is 0.160. The summed E-state index contributed by atoms with van der Waals surface area (Å²) < 4.78 is 0. The second-order valence-electron chi connectivity index (χ2n) is 6.76. The lowest BCUT2D eigenvalue weighted by Crippen LogP contribution is -2.37. The minimum Gasteiger partial charge on any atom is -0.312 e. The van der Waals surface area contributed by atoms with Crippen LogP contribution in [0.5, 0.6) is 0 Å². The summed E-state index contributed by atoms with van der Waals surface area (Å²) in [6.07, 6.45) is 4.68. The van der Waals surface area contributed by atoms with Crippen LogP contribution in [0.3, 0.4) is 0 Å². The Bertz CT molecular complexity index is 625. The summed E-state index contributed by atoms with van der Waals surface area (Å²) in [5.41, 5.74) is 4.40. The Morgan fingerprint density at radius 3 is 2.76 bits per heavy atom. The summed E-state index contributed by atoms with van der Waals surface area (Å²) in [6, 6.07) is 6.77. The van der Waals surface area contributed by atoms with E-state index in [1.165, 1.54) is 36.0 Å². The van der Waals surface area contributed by atoms with Crippen LogP contribution >= 0.6 is 11.3 Å². The molecular weight excluding hydrogens is 278 g/mol. The van der Waals surface area contributed by atoms with E-state index in [0.717, 1.165) is 23.0 Å². The van der Waals surface area contributed by atoms with Gasteiger partial charge in [-0.1, -0.05) is 23.5 Å². The zero-order chi connectivity index (χ0) is 14.9. The Hall–Kier alpha value is -1.26. The lowest BCUT2D eigenvalue weighted by molar-refractivity contribution is 0.429. The van der Waals surface area contributed by atoms with Gasteiger partial charge in [-0.2, -0.15) is 0 Å². The van der Waals surface area contributed by atoms with Gasteiger partial charge in [0.1, 0.15) is 10.0 Å². The maximum Gasteiger partial charge on any atom is 0.147 e. The Morgan fingerprint density at radius 1 is 1.14 bits per heavy atom. The lowest BCUT2D eigenvalue weighted by atomic mass is 10.1. The maximum atomic E-state index is 4.37. The molecule has 0 atom stereocenters.